The van der Waals surface area contributed by atoms with Gasteiger partial charge in [-0.15, -0.1) is 0 Å². The topological polar surface area (TPSA) is 89.2 Å². The van der Waals surface area contributed by atoms with Crippen LogP contribution in [0.4, 0.5) is 33.3 Å². The highest BCUT2D eigenvalue weighted by Gasteiger charge is 2.30. The van der Waals surface area contributed by atoms with Crippen molar-refractivity contribution in [1.29, 1.82) is 10.8 Å². The van der Waals surface area contributed by atoms with E-state index in [9.17, 15) is 22.0 Å². The summed E-state index contributed by atoms with van der Waals surface area (Å²) >= 11 is 0. The molecule has 0 saturated carbocycles. The van der Waals surface area contributed by atoms with Gasteiger partial charge in [0, 0.05) is 5.69 Å². The van der Waals surface area contributed by atoms with Crippen LogP contribution in [-0.4, -0.2) is 29.4 Å². The Balaban J connectivity index is 2.18. The van der Waals surface area contributed by atoms with Gasteiger partial charge in [0.25, 0.3) is 6.43 Å². The van der Waals surface area contributed by atoms with E-state index in [0.717, 1.165) is 12.1 Å². The molecule has 2 aromatic carbocycles. The van der Waals surface area contributed by atoms with Gasteiger partial charge >= 0.3 is 6.18 Å². The monoisotopic (exact) mass is 387 g/mol. The van der Waals surface area contributed by atoms with Crippen LogP contribution in [0.2, 0.25) is 0 Å². The maximum absolute atomic E-state index is 12.6. The van der Waals surface area contributed by atoms with Crippen molar-refractivity contribution in [1.82, 2.24) is 0 Å². The Morgan fingerprint density at radius 2 is 1.59 bits per heavy atom. The first kappa shape index (κ1) is 20.3. The molecule has 4 N–H and O–H groups in total. The largest absolute Gasteiger partial charge is 0.422 e. The third-order valence-electron chi connectivity index (χ3n) is 3.38. The van der Waals surface area contributed by atoms with E-state index >= 15 is 0 Å². The van der Waals surface area contributed by atoms with E-state index in [-0.39, 0.29) is 16.9 Å². The maximum atomic E-state index is 12.6. The summed E-state index contributed by atoms with van der Waals surface area (Å²) in [4.78, 5) is 0. The minimum absolute atomic E-state index is 0.0589. The van der Waals surface area contributed by atoms with Gasteiger partial charge in [0.2, 0.25) is 11.8 Å². The molecule has 0 aliphatic heterocycles. The number of benzene rings is 2. The summed E-state index contributed by atoms with van der Waals surface area (Å²) in [6.45, 7) is 0. The number of hydrogen-bond donors (Lipinski definition) is 4. The Kier molecular flexibility index (Phi) is 6.11. The van der Waals surface area contributed by atoms with Crippen molar-refractivity contribution in [3.05, 3.63) is 59.7 Å². The molecule has 1 unspecified atom stereocenters. The third-order valence-corrected chi connectivity index (χ3v) is 3.38. The van der Waals surface area contributed by atoms with Gasteiger partial charge in [-0.3, -0.25) is 10.8 Å². The minimum atomic E-state index is -4.47. The number of nitrogens with one attached hydrogen (secondary N) is 3. The summed E-state index contributed by atoms with van der Waals surface area (Å²) in [6, 6.07) is 10.1. The standard InChI is InChI=1S/C17H14F5N3O2/c18-14(19)13(26)16(24)27-15(23)11-3-1-2-4-12(11)25-10-7-5-9(6-8-10)17(20,21)22/h1-8,13-14,23-26H. The number of hydrogen-bond acceptors (Lipinski definition) is 5. The van der Waals surface area contributed by atoms with Crippen molar-refractivity contribution in [2.24, 2.45) is 0 Å². The van der Waals surface area contributed by atoms with Crippen molar-refractivity contribution < 1.29 is 31.8 Å². The van der Waals surface area contributed by atoms with Gasteiger partial charge in [0.1, 0.15) is 0 Å². The number of para-hydroxylation sites is 1. The van der Waals surface area contributed by atoms with Gasteiger partial charge in [0.05, 0.1) is 16.8 Å². The first-order valence-corrected chi connectivity index (χ1v) is 7.44. The Labute approximate surface area is 150 Å². The van der Waals surface area contributed by atoms with Crippen LogP contribution in [0, 0.1) is 10.8 Å². The lowest BCUT2D eigenvalue weighted by atomic mass is 10.1. The average molecular weight is 387 g/mol. The molecule has 0 radical (unpaired) electrons. The number of aliphatic hydroxyl groups excluding tert-OH is 1. The molecule has 0 heterocycles. The molecule has 2 aromatic rings. The second-order valence-corrected chi connectivity index (χ2v) is 5.32. The van der Waals surface area contributed by atoms with Gasteiger partial charge in [0.15, 0.2) is 6.10 Å². The van der Waals surface area contributed by atoms with E-state index in [1.165, 1.54) is 30.3 Å². The average Bonchev–Trinajstić information content (AvgIpc) is 2.61. The van der Waals surface area contributed by atoms with E-state index in [4.69, 9.17) is 15.9 Å². The molecule has 0 bridgehead atoms. The molecule has 27 heavy (non-hydrogen) atoms. The van der Waals surface area contributed by atoms with Crippen molar-refractivity contribution in [3.63, 3.8) is 0 Å². The quantitative estimate of drug-likeness (QED) is 0.348. The van der Waals surface area contributed by atoms with E-state index in [0.29, 0.717) is 0 Å². The fourth-order valence-electron chi connectivity index (χ4n) is 2.03. The van der Waals surface area contributed by atoms with Gasteiger partial charge in [-0.05, 0) is 36.4 Å². The fraction of sp³-hybridized carbons (Fsp3) is 0.176. The zero-order chi connectivity index (χ0) is 20.2. The Morgan fingerprint density at radius 1 is 1.00 bits per heavy atom. The highest BCUT2D eigenvalue weighted by Crippen LogP contribution is 2.30. The predicted octanol–water partition coefficient (Wildman–Crippen LogP) is 4.39. The van der Waals surface area contributed by atoms with E-state index in [1.54, 1.807) is 6.07 Å². The number of anilines is 2. The maximum Gasteiger partial charge on any atom is 0.416 e. The Morgan fingerprint density at radius 3 is 2.15 bits per heavy atom. The van der Waals surface area contributed by atoms with E-state index < -0.39 is 36.1 Å². The van der Waals surface area contributed by atoms with Crippen molar-refractivity contribution in [3.8, 4) is 0 Å². The molecule has 1 atom stereocenters. The summed E-state index contributed by atoms with van der Waals surface area (Å²) in [5.41, 5.74) is -0.247. The van der Waals surface area contributed by atoms with E-state index in [1.807, 2.05) is 0 Å². The van der Waals surface area contributed by atoms with Crippen molar-refractivity contribution >= 4 is 23.2 Å². The van der Waals surface area contributed by atoms with Crippen molar-refractivity contribution in [2.45, 2.75) is 18.7 Å². The molecule has 0 saturated heterocycles. The molecule has 10 heteroatoms. The van der Waals surface area contributed by atoms with Crippen LogP contribution in [0.1, 0.15) is 11.1 Å². The summed E-state index contributed by atoms with van der Waals surface area (Å²) in [6.07, 6.45) is -10.2. The first-order valence-electron chi connectivity index (χ1n) is 7.44. The molecule has 0 fully saturated rings. The molecule has 2 rings (SSSR count). The third kappa shape index (κ3) is 5.23. The van der Waals surface area contributed by atoms with Crippen LogP contribution >= 0.6 is 0 Å². The lowest BCUT2D eigenvalue weighted by Crippen LogP contribution is -2.31. The van der Waals surface area contributed by atoms with Crippen LogP contribution in [0.15, 0.2) is 48.5 Å². The number of aliphatic hydroxyl groups is 1. The van der Waals surface area contributed by atoms with Crippen LogP contribution in [0.25, 0.3) is 0 Å². The van der Waals surface area contributed by atoms with Gasteiger partial charge in [-0.2, -0.15) is 13.2 Å². The lowest BCUT2D eigenvalue weighted by Gasteiger charge is -2.16. The smallest absolute Gasteiger partial charge is 0.416 e. The van der Waals surface area contributed by atoms with E-state index in [2.05, 4.69) is 10.1 Å². The molecule has 0 spiro atoms. The molecule has 0 aliphatic rings. The molecule has 144 valence electrons. The number of ether oxygens (including phenoxy) is 1. The van der Waals surface area contributed by atoms with Gasteiger partial charge < -0.3 is 15.2 Å². The summed E-state index contributed by atoms with van der Waals surface area (Å²) in [7, 11) is 0. The molecular formula is C17H14F5N3O2. The SMILES string of the molecule is N=C(OC(=N)C(O)C(F)F)c1ccccc1Nc1ccc(C(F)(F)F)cc1. The Hall–Kier alpha value is -3.01. The highest BCUT2D eigenvalue weighted by atomic mass is 19.4. The van der Waals surface area contributed by atoms with Crippen molar-refractivity contribution in [2.75, 3.05) is 5.32 Å². The molecule has 5 nitrogen and oxygen atoms in total. The summed E-state index contributed by atoms with van der Waals surface area (Å²) < 4.78 is 67.2. The number of halogens is 5. The zero-order valence-corrected chi connectivity index (χ0v) is 13.5. The van der Waals surface area contributed by atoms with Crippen LogP contribution in [0.5, 0.6) is 0 Å². The minimum Gasteiger partial charge on any atom is -0.422 e. The second-order valence-electron chi connectivity index (χ2n) is 5.32. The van der Waals surface area contributed by atoms with Crippen LogP contribution in [-0.2, 0) is 10.9 Å². The van der Waals surface area contributed by atoms with Crippen LogP contribution in [0.3, 0.4) is 0 Å². The number of rotatable bonds is 5. The fourth-order valence-corrected chi connectivity index (χ4v) is 2.03. The van der Waals surface area contributed by atoms with Crippen LogP contribution < -0.4 is 5.32 Å². The lowest BCUT2D eigenvalue weighted by molar-refractivity contribution is -0.137. The summed E-state index contributed by atoms with van der Waals surface area (Å²) in [5.74, 6) is -1.88. The summed E-state index contributed by atoms with van der Waals surface area (Å²) in [5, 5.41) is 26.9. The van der Waals surface area contributed by atoms with Gasteiger partial charge in [-0.25, -0.2) is 8.78 Å². The first-order chi connectivity index (χ1) is 12.6. The van der Waals surface area contributed by atoms with Gasteiger partial charge in [-0.1, -0.05) is 12.1 Å². The predicted molar refractivity (Wildman–Crippen MR) is 88.8 cm³/mol. The Bertz CT molecular complexity index is 822. The molecule has 0 amide bonds. The molecule has 0 aliphatic carbocycles. The number of alkyl halides is 5. The highest BCUT2D eigenvalue weighted by molar-refractivity contribution is 6.04. The zero-order valence-electron chi connectivity index (χ0n) is 13.5. The normalized spacial score (nSPS) is 12.6. The molecular weight excluding hydrogens is 373 g/mol. The second kappa shape index (κ2) is 8.12. The molecule has 0 aromatic heterocycles.